The van der Waals surface area contributed by atoms with E-state index in [1.54, 1.807) is 12.5 Å². The number of nitrogens with zero attached hydrogens (tertiary/aromatic N) is 3. The molecule has 0 atom stereocenters. The van der Waals surface area contributed by atoms with Gasteiger partial charge in [0.2, 0.25) is 0 Å². The molecule has 13 heavy (non-hydrogen) atoms. The van der Waals surface area contributed by atoms with Crippen LogP contribution in [0.15, 0.2) is 35.5 Å². The summed E-state index contributed by atoms with van der Waals surface area (Å²) in [4.78, 5) is 7.73. The Bertz CT molecular complexity index is 283. The van der Waals surface area contributed by atoms with E-state index in [4.69, 9.17) is 0 Å². The van der Waals surface area contributed by atoms with Gasteiger partial charge in [0, 0.05) is 37.8 Å². The molecule has 0 aliphatic carbocycles. The summed E-state index contributed by atoms with van der Waals surface area (Å²) in [5, 5.41) is 0. The van der Waals surface area contributed by atoms with Gasteiger partial charge in [0.25, 0.3) is 0 Å². The molecule has 3 heteroatoms. The maximum atomic E-state index is 3.88. The fraction of sp³-hybridized carbons (Fsp3) is 0.400. The van der Waals surface area contributed by atoms with Crippen LogP contribution in [0.1, 0.15) is 20.3 Å². The first-order valence-corrected chi connectivity index (χ1v) is 4.46. The molecule has 2 rings (SSSR count). The van der Waals surface area contributed by atoms with E-state index < -0.39 is 0 Å². The minimum Gasteiger partial charge on any atom is -0.338 e. The van der Waals surface area contributed by atoms with E-state index in [0.717, 1.165) is 13.0 Å². The van der Waals surface area contributed by atoms with Crippen molar-refractivity contribution >= 4 is 6.21 Å². The summed E-state index contributed by atoms with van der Waals surface area (Å²) in [6.45, 7) is 5.18. The quantitative estimate of drug-likeness (QED) is 0.647. The van der Waals surface area contributed by atoms with E-state index in [1.807, 2.05) is 23.2 Å². The van der Waals surface area contributed by atoms with E-state index in [1.165, 1.54) is 5.57 Å². The molecule has 70 valence electrons. The Labute approximate surface area is 78.8 Å². The zero-order valence-corrected chi connectivity index (χ0v) is 8.14. The summed E-state index contributed by atoms with van der Waals surface area (Å²) in [5.41, 5.74) is 1.36. The maximum Gasteiger partial charge on any atom is 0.0945 e. The number of rotatable bonds is 1. The van der Waals surface area contributed by atoms with Gasteiger partial charge in [0.15, 0.2) is 0 Å². The topological polar surface area (TPSA) is 30.2 Å². The smallest absolute Gasteiger partial charge is 0.0945 e. The SMILES string of the molecule is CC1=CN=CC1.CCn1ccnc1. The largest absolute Gasteiger partial charge is 0.338 e. The lowest BCUT2D eigenvalue weighted by molar-refractivity contribution is 0.761. The van der Waals surface area contributed by atoms with Crippen LogP contribution in [0, 0.1) is 0 Å². The molecule has 0 aromatic carbocycles. The van der Waals surface area contributed by atoms with E-state index in [-0.39, 0.29) is 0 Å². The van der Waals surface area contributed by atoms with Gasteiger partial charge in [-0.15, -0.1) is 0 Å². The molecule has 0 bridgehead atoms. The van der Waals surface area contributed by atoms with Crippen LogP contribution >= 0.6 is 0 Å². The second-order valence-electron chi connectivity index (χ2n) is 2.90. The zero-order valence-electron chi connectivity index (χ0n) is 8.14. The predicted molar refractivity (Wildman–Crippen MR) is 54.8 cm³/mol. The fourth-order valence-electron chi connectivity index (χ4n) is 0.903. The number of imidazole rings is 1. The van der Waals surface area contributed by atoms with Crippen LogP contribution in [0.5, 0.6) is 0 Å². The summed E-state index contributed by atoms with van der Waals surface area (Å²) in [6, 6.07) is 0. The van der Waals surface area contributed by atoms with Gasteiger partial charge < -0.3 is 4.57 Å². The number of aliphatic imine (C=N–C) groups is 1. The van der Waals surface area contributed by atoms with Crippen LogP contribution < -0.4 is 0 Å². The molecule has 0 N–H and O–H groups in total. The Kier molecular flexibility index (Phi) is 3.96. The van der Waals surface area contributed by atoms with Crippen molar-refractivity contribution < 1.29 is 0 Å². The molecule has 1 aromatic rings. The minimum absolute atomic E-state index is 1.01. The van der Waals surface area contributed by atoms with Crippen LogP contribution in [0.2, 0.25) is 0 Å². The van der Waals surface area contributed by atoms with Crippen LogP contribution in [-0.2, 0) is 6.54 Å². The van der Waals surface area contributed by atoms with E-state index >= 15 is 0 Å². The molecule has 0 saturated carbocycles. The van der Waals surface area contributed by atoms with Crippen molar-refractivity contribution in [3.05, 3.63) is 30.5 Å². The number of allylic oxidation sites excluding steroid dienone is 1. The molecule has 1 aromatic heterocycles. The number of hydrogen-bond acceptors (Lipinski definition) is 2. The Balaban J connectivity index is 0.000000132. The third-order valence-corrected chi connectivity index (χ3v) is 1.74. The van der Waals surface area contributed by atoms with Crippen molar-refractivity contribution in [2.75, 3.05) is 0 Å². The molecule has 0 unspecified atom stereocenters. The molecule has 1 aliphatic rings. The Morgan fingerprint density at radius 3 is 2.62 bits per heavy atom. The second kappa shape index (κ2) is 5.30. The molecular formula is C10H15N3. The first-order valence-electron chi connectivity index (χ1n) is 4.46. The van der Waals surface area contributed by atoms with Crippen molar-refractivity contribution in [2.45, 2.75) is 26.8 Å². The van der Waals surface area contributed by atoms with Gasteiger partial charge >= 0.3 is 0 Å². The number of aryl methyl sites for hydroxylation is 1. The van der Waals surface area contributed by atoms with Crippen molar-refractivity contribution in [3.8, 4) is 0 Å². The van der Waals surface area contributed by atoms with Gasteiger partial charge in [-0.25, -0.2) is 4.98 Å². The molecule has 2 heterocycles. The summed E-state index contributed by atoms with van der Waals surface area (Å²) >= 11 is 0. The van der Waals surface area contributed by atoms with Crippen LogP contribution in [-0.4, -0.2) is 15.8 Å². The second-order valence-corrected chi connectivity index (χ2v) is 2.90. The highest BCUT2D eigenvalue weighted by Gasteiger charge is 1.87. The minimum atomic E-state index is 1.01. The monoisotopic (exact) mass is 177 g/mol. The van der Waals surface area contributed by atoms with E-state index in [2.05, 4.69) is 23.8 Å². The van der Waals surface area contributed by atoms with E-state index in [9.17, 15) is 0 Å². The van der Waals surface area contributed by atoms with Crippen LogP contribution in [0.3, 0.4) is 0 Å². The molecule has 0 fully saturated rings. The molecule has 0 spiro atoms. The third kappa shape index (κ3) is 3.69. The molecule has 0 saturated heterocycles. The van der Waals surface area contributed by atoms with Gasteiger partial charge in [0.1, 0.15) is 0 Å². The highest BCUT2D eigenvalue weighted by atomic mass is 15.0. The normalized spacial score (nSPS) is 13.5. The number of hydrogen-bond donors (Lipinski definition) is 0. The van der Waals surface area contributed by atoms with Crippen molar-refractivity contribution in [3.63, 3.8) is 0 Å². The summed E-state index contributed by atoms with van der Waals surface area (Å²) in [7, 11) is 0. The van der Waals surface area contributed by atoms with Crippen molar-refractivity contribution in [2.24, 2.45) is 4.99 Å². The summed E-state index contributed by atoms with van der Waals surface area (Å²) in [5.74, 6) is 0. The standard InChI is InChI=1S/C5H8N2.C5H7N/c1-2-7-4-3-6-5-7;1-5-2-3-6-4-5/h3-5H,2H2,1H3;3-4H,2H2,1H3. The Morgan fingerprint density at radius 2 is 2.38 bits per heavy atom. The van der Waals surface area contributed by atoms with Crippen molar-refractivity contribution in [1.29, 1.82) is 0 Å². The summed E-state index contributed by atoms with van der Waals surface area (Å²) in [6.07, 6.45) is 10.4. The van der Waals surface area contributed by atoms with Crippen molar-refractivity contribution in [1.82, 2.24) is 9.55 Å². The Morgan fingerprint density at radius 1 is 1.54 bits per heavy atom. The van der Waals surface area contributed by atoms with Crippen LogP contribution in [0.4, 0.5) is 0 Å². The molecular weight excluding hydrogens is 162 g/mol. The Hall–Kier alpha value is -1.38. The third-order valence-electron chi connectivity index (χ3n) is 1.74. The molecule has 0 radical (unpaired) electrons. The van der Waals surface area contributed by atoms with Crippen LogP contribution in [0.25, 0.3) is 0 Å². The molecule has 3 nitrogen and oxygen atoms in total. The number of aromatic nitrogens is 2. The lowest BCUT2D eigenvalue weighted by Gasteiger charge is -1.87. The summed E-state index contributed by atoms with van der Waals surface area (Å²) < 4.78 is 2.01. The van der Waals surface area contributed by atoms with Gasteiger partial charge in [-0.2, -0.15) is 0 Å². The molecule has 1 aliphatic heterocycles. The average molecular weight is 177 g/mol. The predicted octanol–water partition coefficient (Wildman–Crippen LogP) is 2.27. The first kappa shape index (κ1) is 9.71. The highest BCUT2D eigenvalue weighted by Crippen LogP contribution is 2.01. The maximum absolute atomic E-state index is 3.88. The lowest BCUT2D eigenvalue weighted by Crippen LogP contribution is -1.85. The highest BCUT2D eigenvalue weighted by molar-refractivity contribution is 5.64. The van der Waals surface area contributed by atoms with E-state index in [0.29, 0.717) is 0 Å². The fourth-order valence-corrected chi connectivity index (χ4v) is 0.903. The first-order chi connectivity index (χ1) is 6.33. The lowest BCUT2D eigenvalue weighted by atomic mass is 10.3. The zero-order chi connectivity index (χ0) is 9.52. The van der Waals surface area contributed by atoms with Gasteiger partial charge in [-0.05, 0) is 19.4 Å². The average Bonchev–Trinajstić information content (AvgIpc) is 2.76. The van der Waals surface area contributed by atoms with Gasteiger partial charge in [-0.3, -0.25) is 4.99 Å². The molecule has 0 amide bonds. The van der Waals surface area contributed by atoms with Gasteiger partial charge in [-0.1, -0.05) is 0 Å². The van der Waals surface area contributed by atoms with Gasteiger partial charge in [0.05, 0.1) is 6.33 Å².